The first-order valence-corrected chi connectivity index (χ1v) is 4.96. The first-order chi connectivity index (χ1) is 6.07. The van der Waals surface area contributed by atoms with Gasteiger partial charge in [-0.15, -0.1) is 11.6 Å². The van der Waals surface area contributed by atoms with Crippen molar-refractivity contribution < 1.29 is 8.78 Å². The molecule has 0 bridgehead atoms. The van der Waals surface area contributed by atoms with E-state index in [0.29, 0.717) is 9.26 Å². The molecule has 0 amide bonds. The Morgan fingerprint density at radius 3 is 2.69 bits per heavy atom. The maximum absolute atomic E-state index is 12.3. The largest absolute Gasteiger partial charge is 0.398 e. The van der Waals surface area contributed by atoms with Gasteiger partial charge in [-0.2, -0.15) is 0 Å². The van der Waals surface area contributed by atoms with Crippen LogP contribution in [0.2, 0.25) is 0 Å². The summed E-state index contributed by atoms with van der Waals surface area (Å²) in [4.78, 5) is 3.59. The minimum absolute atomic E-state index is 0.0463. The molecule has 0 radical (unpaired) electrons. The van der Waals surface area contributed by atoms with Crippen LogP contribution >= 0.6 is 34.2 Å². The molecule has 0 fully saturated rings. The Bertz CT molecular complexity index is 320. The predicted molar refractivity (Wildman–Crippen MR) is 55.9 cm³/mol. The molecule has 0 aliphatic rings. The van der Waals surface area contributed by atoms with Crippen molar-refractivity contribution >= 4 is 39.9 Å². The van der Waals surface area contributed by atoms with Gasteiger partial charge >= 0.3 is 0 Å². The normalized spacial score (nSPS) is 10.8. The molecule has 1 heterocycles. The van der Waals surface area contributed by atoms with Gasteiger partial charge in [0.1, 0.15) is 5.69 Å². The fourth-order valence-electron chi connectivity index (χ4n) is 0.884. The lowest BCUT2D eigenvalue weighted by molar-refractivity contribution is 0.145. The second-order valence-electron chi connectivity index (χ2n) is 2.32. The molecule has 2 nitrogen and oxygen atoms in total. The highest BCUT2D eigenvalue weighted by Gasteiger charge is 2.17. The summed E-state index contributed by atoms with van der Waals surface area (Å²) in [5, 5.41) is 0. The van der Waals surface area contributed by atoms with E-state index >= 15 is 0 Å². The molecular weight excluding hydrogens is 312 g/mol. The third-order valence-electron chi connectivity index (χ3n) is 1.55. The smallest absolute Gasteiger partial charge is 0.280 e. The lowest BCUT2D eigenvalue weighted by atomic mass is 10.2. The Labute approximate surface area is 92.6 Å². The van der Waals surface area contributed by atoms with Gasteiger partial charge in [0, 0.05) is 11.8 Å². The van der Waals surface area contributed by atoms with Gasteiger partial charge in [-0.05, 0) is 22.6 Å². The lowest BCUT2D eigenvalue weighted by Crippen LogP contribution is -2.04. The van der Waals surface area contributed by atoms with E-state index in [1.54, 1.807) is 0 Å². The Morgan fingerprint density at radius 1 is 1.62 bits per heavy atom. The average molecular weight is 318 g/mol. The topological polar surface area (TPSA) is 38.9 Å². The van der Waals surface area contributed by atoms with Crippen LogP contribution in [-0.2, 0) is 5.88 Å². The van der Waals surface area contributed by atoms with E-state index in [1.807, 2.05) is 22.6 Å². The highest BCUT2D eigenvalue weighted by atomic mass is 127. The Hall–Kier alpha value is -0.170. The van der Waals surface area contributed by atoms with Gasteiger partial charge in [-0.25, -0.2) is 8.78 Å². The number of hydrogen-bond acceptors (Lipinski definition) is 2. The van der Waals surface area contributed by atoms with E-state index in [2.05, 4.69) is 4.98 Å². The van der Waals surface area contributed by atoms with E-state index in [-0.39, 0.29) is 17.1 Å². The Morgan fingerprint density at radius 2 is 2.23 bits per heavy atom. The van der Waals surface area contributed by atoms with Crippen molar-refractivity contribution in [3.63, 3.8) is 0 Å². The van der Waals surface area contributed by atoms with Crippen molar-refractivity contribution in [2.45, 2.75) is 12.3 Å². The molecule has 13 heavy (non-hydrogen) atoms. The van der Waals surface area contributed by atoms with Crippen molar-refractivity contribution in [1.29, 1.82) is 0 Å². The molecule has 0 atom stereocenters. The molecule has 0 aliphatic heterocycles. The van der Waals surface area contributed by atoms with E-state index in [4.69, 9.17) is 17.3 Å². The number of pyridine rings is 1. The number of nitrogens with two attached hydrogens (primary N) is 1. The minimum Gasteiger partial charge on any atom is -0.398 e. The zero-order valence-corrected chi connectivity index (χ0v) is 9.31. The molecule has 0 aliphatic carbocycles. The van der Waals surface area contributed by atoms with Crippen LogP contribution in [0.4, 0.5) is 14.5 Å². The number of rotatable bonds is 2. The third kappa shape index (κ3) is 2.19. The summed E-state index contributed by atoms with van der Waals surface area (Å²) in [5.74, 6) is -0.0463. The van der Waals surface area contributed by atoms with Crippen molar-refractivity contribution in [2.24, 2.45) is 0 Å². The molecule has 72 valence electrons. The zero-order valence-electron chi connectivity index (χ0n) is 6.40. The molecular formula is C7H6ClF2IN2. The van der Waals surface area contributed by atoms with Crippen LogP contribution in [0.15, 0.2) is 6.20 Å². The number of alkyl halides is 3. The fourth-order valence-corrected chi connectivity index (χ4v) is 1.63. The average Bonchev–Trinajstić information content (AvgIpc) is 2.09. The second kappa shape index (κ2) is 4.36. The van der Waals surface area contributed by atoms with E-state index < -0.39 is 6.43 Å². The van der Waals surface area contributed by atoms with E-state index in [0.717, 1.165) is 0 Å². The monoisotopic (exact) mass is 318 g/mol. The summed E-state index contributed by atoms with van der Waals surface area (Å²) in [6.45, 7) is 0. The molecule has 1 rings (SSSR count). The van der Waals surface area contributed by atoms with Crippen LogP contribution in [0.5, 0.6) is 0 Å². The highest BCUT2D eigenvalue weighted by Crippen LogP contribution is 2.29. The van der Waals surface area contributed by atoms with Gasteiger partial charge in [0.15, 0.2) is 0 Å². The second-order valence-corrected chi connectivity index (χ2v) is 3.75. The standard InChI is InChI=1S/C7H6ClF2IN2/c8-1-3-5(12)4(11)2-13-6(3)7(9)10/h2,7H,1H2,(H2,12,13). The number of nitrogens with zero attached hydrogens (tertiary/aromatic N) is 1. The molecule has 0 unspecified atom stereocenters. The Balaban J connectivity index is 3.30. The van der Waals surface area contributed by atoms with Gasteiger partial charge in [0.2, 0.25) is 0 Å². The van der Waals surface area contributed by atoms with Crippen LogP contribution < -0.4 is 5.73 Å². The number of anilines is 1. The van der Waals surface area contributed by atoms with Crippen LogP contribution in [-0.4, -0.2) is 4.98 Å². The van der Waals surface area contributed by atoms with Crippen molar-refractivity contribution in [3.05, 3.63) is 21.0 Å². The molecule has 0 saturated carbocycles. The fraction of sp³-hybridized carbons (Fsp3) is 0.286. The van der Waals surface area contributed by atoms with E-state index in [9.17, 15) is 8.78 Å². The van der Waals surface area contributed by atoms with Crippen LogP contribution in [0.1, 0.15) is 17.7 Å². The van der Waals surface area contributed by atoms with E-state index in [1.165, 1.54) is 6.20 Å². The maximum Gasteiger partial charge on any atom is 0.280 e. The minimum atomic E-state index is -2.63. The summed E-state index contributed by atoms with van der Waals surface area (Å²) in [5.41, 5.74) is 5.76. The van der Waals surface area contributed by atoms with Crippen LogP contribution in [0, 0.1) is 3.57 Å². The third-order valence-corrected chi connectivity index (χ3v) is 2.68. The molecule has 0 saturated heterocycles. The predicted octanol–water partition coefficient (Wildman–Crippen LogP) is 2.94. The summed E-state index contributed by atoms with van der Waals surface area (Å²) in [6, 6.07) is 0. The van der Waals surface area contributed by atoms with Crippen LogP contribution in [0.3, 0.4) is 0 Å². The summed E-state index contributed by atoms with van der Waals surface area (Å²) >= 11 is 7.42. The summed E-state index contributed by atoms with van der Waals surface area (Å²) < 4.78 is 25.3. The Kier molecular flexibility index (Phi) is 3.66. The van der Waals surface area contributed by atoms with Gasteiger partial charge in [0.05, 0.1) is 15.1 Å². The van der Waals surface area contributed by atoms with Crippen molar-refractivity contribution in [3.8, 4) is 0 Å². The molecule has 2 N–H and O–H groups in total. The first kappa shape index (κ1) is 10.9. The lowest BCUT2D eigenvalue weighted by Gasteiger charge is -2.09. The van der Waals surface area contributed by atoms with Gasteiger partial charge in [-0.3, -0.25) is 4.98 Å². The molecule has 1 aromatic heterocycles. The zero-order chi connectivity index (χ0) is 10.0. The number of hydrogen-bond donors (Lipinski definition) is 1. The SMILES string of the molecule is Nc1c(I)cnc(C(F)F)c1CCl. The first-order valence-electron chi connectivity index (χ1n) is 3.34. The van der Waals surface area contributed by atoms with Gasteiger partial charge in [-0.1, -0.05) is 0 Å². The molecule has 6 heteroatoms. The highest BCUT2D eigenvalue weighted by molar-refractivity contribution is 14.1. The number of nitrogen functional groups attached to an aromatic ring is 1. The van der Waals surface area contributed by atoms with Gasteiger partial charge in [0.25, 0.3) is 6.43 Å². The van der Waals surface area contributed by atoms with Gasteiger partial charge < -0.3 is 5.73 Å². The quantitative estimate of drug-likeness (QED) is 0.672. The molecule has 1 aromatic rings. The maximum atomic E-state index is 12.3. The summed E-state index contributed by atoms with van der Waals surface area (Å²) in [6.07, 6.45) is -1.32. The van der Waals surface area contributed by atoms with Crippen molar-refractivity contribution in [2.75, 3.05) is 5.73 Å². The molecule has 0 aromatic carbocycles. The van der Waals surface area contributed by atoms with Crippen molar-refractivity contribution in [1.82, 2.24) is 4.98 Å². The summed E-state index contributed by atoms with van der Waals surface area (Å²) in [7, 11) is 0. The van der Waals surface area contributed by atoms with Crippen LogP contribution in [0.25, 0.3) is 0 Å². The molecule has 0 spiro atoms. The number of aromatic nitrogens is 1. The number of halogens is 4.